The zero-order valence-electron chi connectivity index (χ0n) is 13.7. The van der Waals surface area contributed by atoms with Gasteiger partial charge in [-0.05, 0) is 6.92 Å². The smallest absolute Gasteiger partial charge is 0.270 e. The van der Waals surface area contributed by atoms with Crippen molar-refractivity contribution < 1.29 is 9.32 Å². The summed E-state index contributed by atoms with van der Waals surface area (Å²) in [6.07, 6.45) is 1.61. The van der Waals surface area contributed by atoms with Crippen molar-refractivity contribution in [1.82, 2.24) is 20.4 Å². The van der Waals surface area contributed by atoms with Crippen molar-refractivity contribution in [2.45, 2.75) is 6.92 Å². The van der Waals surface area contributed by atoms with Crippen LogP contribution < -0.4 is 10.6 Å². The van der Waals surface area contributed by atoms with E-state index in [4.69, 9.17) is 4.52 Å². The van der Waals surface area contributed by atoms with Gasteiger partial charge in [-0.3, -0.25) is 4.79 Å². The fraction of sp³-hybridized carbons (Fsp3) is 0.111. The van der Waals surface area contributed by atoms with E-state index >= 15 is 0 Å². The Morgan fingerprint density at radius 1 is 1.20 bits per heavy atom. The molecule has 2 N–H and O–H groups in total. The van der Waals surface area contributed by atoms with Crippen LogP contribution in [0.3, 0.4) is 0 Å². The van der Waals surface area contributed by atoms with Gasteiger partial charge >= 0.3 is 0 Å². The van der Waals surface area contributed by atoms with Crippen LogP contribution in [0.2, 0.25) is 0 Å². The second-order valence-electron chi connectivity index (χ2n) is 5.27. The van der Waals surface area contributed by atoms with E-state index in [2.05, 4.69) is 32.3 Å². The normalized spacial score (nSPS) is 10.3. The van der Waals surface area contributed by atoms with Gasteiger partial charge in [0.05, 0.1) is 0 Å². The van der Waals surface area contributed by atoms with E-state index in [-0.39, 0.29) is 11.6 Å². The molecule has 3 aromatic rings. The molecule has 2 heterocycles. The molecule has 0 bridgehead atoms. The monoisotopic (exact) mass is 335 g/mol. The molecule has 1 amide bonds. The van der Waals surface area contributed by atoms with Crippen LogP contribution in [0.15, 0.2) is 59.6 Å². The largest absolute Gasteiger partial charge is 0.360 e. The van der Waals surface area contributed by atoms with Gasteiger partial charge in [0.15, 0.2) is 11.6 Å². The lowest BCUT2D eigenvalue weighted by Gasteiger charge is -2.08. The second-order valence-corrected chi connectivity index (χ2v) is 5.27. The van der Waals surface area contributed by atoms with Gasteiger partial charge in [-0.1, -0.05) is 41.6 Å². The van der Waals surface area contributed by atoms with Gasteiger partial charge in [0.2, 0.25) is 0 Å². The van der Waals surface area contributed by atoms with Crippen molar-refractivity contribution in [3.63, 3.8) is 0 Å². The minimum absolute atomic E-state index is 0.249. The number of carbonyl (C=O) groups excluding carboxylic acids is 1. The van der Waals surface area contributed by atoms with E-state index in [0.717, 1.165) is 5.56 Å². The molecule has 3 rings (SSSR count). The predicted octanol–water partition coefficient (Wildman–Crippen LogP) is 3.10. The number of benzene rings is 1. The van der Waals surface area contributed by atoms with E-state index in [1.165, 1.54) is 0 Å². The topological polar surface area (TPSA) is 92.9 Å². The van der Waals surface area contributed by atoms with Gasteiger partial charge in [-0.15, -0.1) is 6.58 Å². The molecule has 0 unspecified atom stereocenters. The fourth-order valence-corrected chi connectivity index (χ4v) is 2.16. The minimum atomic E-state index is -0.307. The standard InChI is InChI=1S/C18H17N5O2/c1-3-9-19-18(24)14-11-15(21-16-10-12(2)25-23-16)22-17(20-14)13-7-5-4-6-8-13/h3-8,10-11H,1,9H2,2H3,(H,19,24)(H,20,21,22,23). The molecule has 7 nitrogen and oxygen atoms in total. The molecule has 0 saturated carbocycles. The summed E-state index contributed by atoms with van der Waals surface area (Å²) in [5, 5.41) is 9.62. The number of nitrogens with one attached hydrogen (secondary N) is 2. The Kier molecular flexibility index (Phi) is 4.84. The molecule has 0 radical (unpaired) electrons. The zero-order valence-corrected chi connectivity index (χ0v) is 13.7. The maximum atomic E-state index is 12.3. The number of amides is 1. The Balaban J connectivity index is 1.98. The number of hydrogen-bond donors (Lipinski definition) is 2. The van der Waals surface area contributed by atoms with Crippen LogP contribution in [0.5, 0.6) is 0 Å². The first kappa shape index (κ1) is 16.4. The number of aryl methyl sites for hydroxylation is 1. The summed E-state index contributed by atoms with van der Waals surface area (Å²) in [5.74, 6) is 1.76. The summed E-state index contributed by atoms with van der Waals surface area (Å²) in [5.41, 5.74) is 1.05. The first-order valence-electron chi connectivity index (χ1n) is 7.69. The molecule has 0 spiro atoms. The number of carbonyl (C=O) groups is 1. The molecule has 1 aromatic carbocycles. The molecule has 25 heavy (non-hydrogen) atoms. The number of nitrogens with zero attached hydrogens (tertiary/aromatic N) is 3. The number of aromatic nitrogens is 3. The Labute approximate surface area is 144 Å². The number of rotatable bonds is 6. The lowest BCUT2D eigenvalue weighted by Crippen LogP contribution is -2.24. The highest BCUT2D eigenvalue weighted by Crippen LogP contribution is 2.20. The summed E-state index contributed by atoms with van der Waals surface area (Å²) in [6, 6.07) is 12.7. The third-order valence-electron chi connectivity index (χ3n) is 3.28. The Bertz CT molecular complexity index is 889. The molecule has 0 aliphatic rings. The molecular weight excluding hydrogens is 318 g/mol. The summed E-state index contributed by atoms with van der Waals surface area (Å²) < 4.78 is 5.04. The van der Waals surface area contributed by atoms with Gasteiger partial charge in [0.25, 0.3) is 5.91 Å². The van der Waals surface area contributed by atoms with Gasteiger partial charge in [0.1, 0.15) is 17.3 Å². The SMILES string of the molecule is C=CCNC(=O)c1cc(Nc2cc(C)on2)nc(-c2ccccc2)n1. The zero-order chi connectivity index (χ0) is 17.6. The van der Waals surface area contributed by atoms with Crippen LogP contribution in [0, 0.1) is 6.92 Å². The Morgan fingerprint density at radius 2 is 2.00 bits per heavy atom. The molecule has 126 valence electrons. The molecule has 0 fully saturated rings. The van der Waals surface area contributed by atoms with Crippen LogP contribution in [0.1, 0.15) is 16.2 Å². The number of hydrogen-bond acceptors (Lipinski definition) is 6. The van der Waals surface area contributed by atoms with Gasteiger partial charge in [-0.25, -0.2) is 9.97 Å². The molecule has 7 heteroatoms. The molecule has 0 saturated heterocycles. The highest BCUT2D eigenvalue weighted by Gasteiger charge is 2.13. The summed E-state index contributed by atoms with van der Waals surface area (Å²) in [7, 11) is 0. The molecule has 0 aliphatic heterocycles. The van der Waals surface area contributed by atoms with E-state index in [1.54, 1.807) is 25.1 Å². The lowest BCUT2D eigenvalue weighted by atomic mass is 10.2. The van der Waals surface area contributed by atoms with Crippen molar-refractivity contribution in [3.05, 3.63) is 66.6 Å². The average Bonchev–Trinajstić information content (AvgIpc) is 3.04. The predicted molar refractivity (Wildman–Crippen MR) is 94.5 cm³/mol. The summed E-state index contributed by atoms with van der Waals surface area (Å²) in [6.45, 7) is 5.74. The average molecular weight is 335 g/mol. The van der Waals surface area contributed by atoms with Crippen molar-refractivity contribution in [2.24, 2.45) is 0 Å². The Hall–Kier alpha value is -3.48. The maximum Gasteiger partial charge on any atom is 0.270 e. The van der Waals surface area contributed by atoms with Crippen LogP contribution in [0.25, 0.3) is 11.4 Å². The van der Waals surface area contributed by atoms with Crippen LogP contribution in [-0.2, 0) is 0 Å². The highest BCUT2D eigenvalue weighted by atomic mass is 16.5. The third kappa shape index (κ3) is 4.08. The van der Waals surface area contributed by atoms with Crippen LogP contribution in [0.4, 0.5) is 11.6 Å². The maximum absolute atomic E-state index is 12.3. The van der Waals surface area contributed by atoms with Crippen molar-refractivity contribution in [2.75, 3.05) is 11.9 Å². The van der Waals surface area contributed by atoms with Crippen molar-refractivity contribution in [3.8, 4) is 11.4 Å². The molecule has 2 aromatic heterocycles. The molecular formula is C18H17N5O2. The van der Waals surface area contributed by atoms with E-state index in [0.29, 0.717) is 29.8 Å². The van der Waals surface area contributed by atoms with Crippen LogP contribution >= 0.6 is 0 Å². The van der Waals surface area contributed by atoms with Gasteiger partial charge < -0.3 is 15.2 Å². The summed E-state index contributed by atoms with van der Waals surface area (Å²) >= 11 is 0. The van der Waals surface area contributed by atoms with E-state index in [9.17, 15) is 4.79 Å². The van der Waals surface area contributed by atoms with Crippen molar-refractivity contribution >= 4 is 17.5 Å². The van der Waals surface area contributed by atoms with Gasteiger partial charge in [-0.2, -0.15) is 0 Å². The van der Waals surface area contributed by atoms with Crippen LogP contribution in [-0.4, -0.2) is 27.6 Å². The Morgan fingerprint density at radius 3 is 2.68 bits per heavy atom. The minimum Gasteiger partial charge on any atom is -0.360 e. The van der Waals surface area contributed by atoms with Gasteiger partial charge in [0, 0.05) is 24.2 Å². The quantitative estimate of drug-likeness (QED) is 0.672. The number of anilines is 2. The molecule has 0 aliphatic carbocycles. The lowest BCUT2D eigenvalue weighted by molar-refractivity contribution is 0.0953. The first-order chi connectivity index (χ1) is 12.2. The first-order valence-corrected chi connectivity index (χ1v) is 7.69. The second kappa shape index (κ2) is 7.39. The van der Waals surface area contributed by atoms with E-state index < -0.39 is 0 Å². The highest BCUT2D eigenvalue weighted by molar-refractivity contribution is 5.93. The van der Waals surface area contributed by atoms with Crippen molar-refractivity contribution in [1.29, 1.82) is 0 Å². The summed E-state index contributed by atoms with van der Waals surface area (Å²) in [4.78, 5) is 21.1. The van der Waals surface area contributed by atoms with E-state index in [1.807, 2.05) is 30.3 Å². The molecule has 0 atom stereocenters. The fourth-order valence-electron chi connectivity index (χ4n) is 2.16. The third-order valence-corrected chi connectivity index (χ3v) is 3.28.